The van der Waals surface area contributed by atoms with Crippen LogP contribution in [0.2, 0.25) is 0 Å². The molecule has 4 nitrogen and oxygen atoms in total. The molecule has 22 heavy (non-hydrogen) atoms. The van der Waals surface area contributed by atoms with Crippen LogP contribution < -0.4 is 10.1 Å². The number of hydrogen-bond acceptors (Lipinski definition) is 2. The lowest BCUT2D eigenvalue weighted by Crippen LogP contribution is -2.39. The first-order valence-electron chi connectivity index (χ1n) is 8.07. The Morgan fingerprint density at radius 3 is 2.68 bits per heavy atom. The Kier molecular flexibility index (Phi) is 7.22. The molecule has 0 bridgehead atoms. The van der Waals surface area contributed by atoms with Crippen molar-refractivity contribution < 1.29 is 9.53 Å². The molecule has 0 unspecified atom stereocenters. The number of nitrogens with zero attached hydrogens (tertiary/aromatic N) is 1. The molecule has 0 atom stereocenters. The van der Waals surface area contributed by atoms with Gasteiger partial charge in [-0.15, -0.1) is 0 Å². The van der Waals surface area contributed by atoms with Gasteiger partial charge in [0.2, 0.25) is 0 Å². The van der Waals surface area contributed by atoms with E-state index in [-0.39, 0.29) is 11.4 Å². The summed E-state index contributed by atoms with van der Waals surface area (Å²) in [6.07, 6.45) is 2.12. The quantitative estimate of drug-likeness (QED) is 0.778. The predicted octanol–water partition coefficient (Wildman–Crippen LogP) is 3.80. The van der Waals surface area contributed by atoms with E-state index < -0.39 is 0 Å². The molecule has 0 fully saturated rings. The van der Waals surface area contributed by atoms with Crippen molar-refractivity contribution in [3.63, 3.8) is 0 Å². The summed E-state index contributed by atoms with van der Waals surface area (Å²) in [6, 6.07) is 8.09. The second kappa shape index (κ2) is 8.66. The lowest BCUT2D eigenvalue weighted by Gasteiger charge is -2.20. The molecule has 0 saturated heterocycles. The second-order valence-electron chi connectivity index (χ2n) is 6.63. The Morgan fingerprint density at radius 1 is 1.32 bits per heavy atom. The van der Waals surface area contributed by atoms with Gasteiger partial charge in [-0.1, -0.05) is 46.2 Å². The Labute approximate surface area is 134 Å². The van der Waals surface area contributed by atoms with E-state index in [9.17, 15) is 4.79 Å². The largest absolute Gasteiger partial charge is 0.492 e. The first-order valence-corrected chi connectivity index (χ1v) is 8.07. The molecule has 0 radical (unpaired) electrons. The molecule has 0 aliphatic carbocycles. The Balaban J connectivity index is 2.34. The third kappa shape index (κ3) is 6.37. The van der Waals surface area contributed by atoms with Crippen LogP contribution in [0.5, 0.6) is 5.75 Å². The first kappa shape index (κ1) is 18.3. The number of urea groups is 1. The third-order valence-electron chi connectivity index (χ3n) is 3.54. The number of hydrogen-bond donors (Lipinski definition) is 1. The molecule has 124 valence electrons. The highest BCUT2D eigenvalue weighted by molar-refractivity contribution is 5.73. The summed E-state index contributed by atoms with van der Waals surface area (Å²) in [5.74, 6) is 0.848. The van der Waals surface area contributed by atoms with Crippen molar-refractivity contribution in [2.45, 2.75) is 46.0 Å². The number of benzene rings is 1. The standard InChI is InChI=1S/C18H30N2O2/c1-6-7-12-20(5)17(21)19-11-13-22-16-10-8-9-15(14-16)18(2,3)4/h8-10,14H,6-7,11-13H2,1-5H3,(H,19,21). The van der Waals surface area contributed by atoms with Crippen molar-refractivity contribution in [3.05, 3.63) is 29.8 Å². The molecule has 0 spiro atoms. The van der Waals surface area contributed by atoms with Gasteiger partial charge in [-0.2, -0.15) is 0 Å². The van der Waals surface area contributed by atoms with Gasteiger partial charge in [-0.05, 0) is 29.5 Å². The van der Waals surface area contributed by atoms with E-state index in [0.29, 0.717) is 13.2 Å². The van der Waals surface area contributed by atoms with Gasteiger partial charge in [0.05, 0.1) is 6.54 Å². The number of nitrogens with one attached hydrogen (secondary N) is 1. The fraction of sp³-hybridized carbons (Fsp3) is 0.611. The monoisotopic (exact) mass is 306 g/mol. The minimum Gasteiger partial charge on any atom is -0.492 e. The highest BCUT2D eigenvalue weighted by Crippen LogP contribution is 2.25. The molecule has 0 aliphatic rings. The van der Waals surface area contributed by atoms with Gasteiger partial charge >= 0.3 is 6.03 Å². The third-order valence-corrected chi connectivity index (χ3v) is 3.54. The van der Waals surface area contributed by atoms with Crippen LogP contribution in [-0.4, -0.2) is 37.7 Å². The van der Waals surface area contributed by atoms with Crippen LogP contribution in [0, 0.1) is 0 Å². The number of carbonyl (C=O) groups is 1. The van der Waals surface area contributed by atoms with E-state index in [1.165, 1.54) is 5.56 Å². The number of rotatable bonds is 7. The topological polar surface area (TPSA) is 41.6 Å². The first-order chi connectivity index (χ1) is 10.3. The van der Waals surface area contributed by atoms with Crippen LogP contribution >= 0.6 is 0 Å². The van der Waals surface area contributed by atoms with Gasteiger partial charge in [0.1, 0.15) is 12.4 Å². The van der Waals surface area contributed by atoms with E-state index in [4.69, 9.17) is 4.74 Å². The predicted molar refractivity (Wildman–Crippen MR) is 91.6 cm³/mol. The van der Waals surface area contributed by atoms with Gasteiger partial charge in [-0.25, -0.2) is 4.79 Å². The van der Waals surface area contributed by atoms with Crippen molar-refractivity contribution in [1.29, 1.82) is 0 Å². The molecular formula is C18H30N2O2. The molecule has 1 aromatic carbocycles. The molecule has 2 amide bonds. The summed E-state index contributed by atoms with van der Waals surface area (Å²) in [7, 11) is 1.82. The normalized spacial score (nSPS) is 11.1. The summed E-state index contributed by atoms with van der Waals surface area (Å²) in [6.45, 7) is 10.4. The molecule has 1 rings (SSSR count). The average Bonchev–Trinajstić information content (AvgIpc) is 2.48. The van der Waals surface area contributed by atoms with E-state index in [1.54, 1.807) is 4.90 Å². The summed E-state index contributed by atoms with van der Waals surface area (Å²) in [5.41, 5.74) is 1.35. The molecule has 0 saturated carbocycles. The molecule has 1 N–H and O–H groups in total. The van der Waals surface area contributed by atoms with Crippen LogP contribution in [0.3, 0.4) is 0 Å². The van der Waals surface area contributed by atoms with E-state index in [0.717, 1.165) is 25.1 Å². The van der Waals surface area contributed by atoms with Crippen LogP contribution in [0.15, 0.2) is 24.3 Å². The van der Waals surface area contributed by atoms with Gasteiger partial charge < -0.3 is 15.0 Å². The SMILES string of the molecule is CCCCN(C)C(=O)NCCOc1cccc(C(C)(C)C)c1. The van der Waals surface area contributed by atoms with E-state index in [2.05, 4.69) is 45.1 Å². The average molecular weight is 306 g/mol. The summed E-state index contributed by atoms with van der Waals surface area (Å²) >= 11 is 0. The molecule has 4 heteroatoms. The number of unbranched alkanes of at least 4 members (excludes halogenated alkanes) is 1. The maximum atomic E-state index is 11.8. The minimum atomic E-state index is -0.0412. The van der Waals surface area contributed by atoms with Crippen LogP contribution in [0.4, 0.5) is 4.79 Å². The summed E-state index contributed by atoms with van der Waals surface area (Å²) in [4.78, 5) is 13.5. The fourth-order valence-corrected chi connectivity index (χ4v) is 2.01. The summed E-state index contributed by atoms with van der Waals surface area (Å²) in [5, 5.41) is 2.87. The zero-order valence-electron chi connectivity index (χ0n) is 14.6. The number of ether oxygens (including phenoxy) is 1. The maximum Gasteiger partial charge on any atom is 0.317 e. The zero-order valence-corrected chi connectivity index (χ0v) is 14.6. The number of amides is 2. The number of carbonyl (C=O) groups excluding carboxylic acids is 1. The van der Waals surface area contributed by atoms with Crippen molar-refractivity contribution in [2.75, 3.05) is 26.7 Å². The lowest BCUT2D eigenvalue weighted by atomic mass is 9.87. The van der Waals surface area contributed by atoms with Gasteiger partial charge in [0.15, 0.2) is 0 Å². The molecule has 0 aliphatic heterocycles. The molecule has 0 heterocycles. The molecule has 1 aromatic rings. The van der Waals surface area contributed by atoms with E-state index in [1.807, 2.05) is 19.2 Å². The highest BCUT2D eigenvalue weighted by atomic mass is 16.5. The van der Waals surface area contributed by atoms with E-state index >= 15 is 0 Å². The van der Waals surface area contributed by atoms with Gasteiger partial charge in [0.25, 0.3) is 0 Å². The lowest BCUT2D eigenvalue weighted by molar-refractivity contribution is 0.204. The molecule has 0 aromatic heterocycles. The molecular weight excluding hydrogens is 276 g/mol. The minimum absolute atomic E-state index is 0.0412. The summed E-state index contributed by atoms with van der Waals surface area (Å²) < 4.78 is 5.72. The van der Waals surface area contributed by atoms with Crippen molar-refractivity contribution >= 4 is 6.03 Å². The fourth-order valence-electron chi connectivity index (χ4n) is 2.01. The van der Waals surface area contributed by atoms with Crippen molar-refractivity contribution in [2.24, 2.45) is 0 Å². The maximum absolute atomic E-state index is 11.8. The Bertz CT molecular complexity index is 466. The zero-order chi connectivity index (χ0) is 16.6. The Hall–Kier alpha value is -1.71. The van der Waals surface area contributed by atoms with Gasteiger partial charge in [-0.3, -0.25) is 0 Å². The van der Waals surface area contributed by atoms with Crippen LogP contribution in [-0.2, 0) is 5.41 Å². The van der Waals surface area contributed by atoms with Crippen LogP contribution in [0.25, 0.3) is 0 Å². The second-order valence-corrected chi connectivity index (χ2v) is 6.63. The highest BCUT2D eigenvalue weighted by Gasteiger charge is 2.13. The van der Waals surface area contributed by atoms with Crippen LogP contribution in [0.1, 0.15) is 46.1 Å². The van der Waals surface area contributed by atoms with Crippen molar-refractivity contribution in [3.8, 4) is 5.75 Å². The Morgan fingerprint density at radius 2 is 2.05 bits per heavy atom. The van der Waals surface area contributed by atoms with Crippen molar-refractivity contribution in [1.82, 2.24) is 10.2 Å². The van der Waals surface area contributed by atoms with Gasteiger partial charge in [0, 0.05) is 13.6 Å². The smallest absolute Gasteiger partial charge is 0.317 e.